The Labute approximate surface area is 119 Å². The van der Waals surface area contributed by atoms with Crippen LogP contribution in [0.1, 0.15) is 38.5 Å². The van der Waals surface area contributed by atoms with Gasteiger partial charge in [-0.3, -0.25) is 0 Å². The van der Waals surface area contributed by atoms with Gasteiger partial charge in [0.1, 0.15) is 5.54 Å². The average Bonchev–Trinajstić information content (AvgIpc) is 2.88. The molecule has 6 heteroatoms. The summed E-state index contributed by atoms with van der Waals surface area (Å²) >= 11 is 0. The number of carboxylic acids is 1. The number of carbonyl (C=O) groups is 2. The lowest BCUT2D eigenvalue weighted by Crippen LogP contribution is -2.56. The molecule has 2 rings (SSSR count). The van der Waals surface area contributed by atoms with E-state index in [0.717, 1.165) is 38.8 Å². The summed E-state index contributed by atoms with van der Waals surface area (Å²) in [6.45, 7) is 2.76. The molecule has 0 radical (unpaired) electrons. The van der Waals surface area contributed by atoms with Gasteiger partial charge in [0.05, 0.1) is 0 Å². The van der Waals surface area contributed by atoms with Crippen LogP contribution in [0.2, 0.25) is 0 Å². The lowest BCUT2D eigenvalue weighted by molar-refractivity contribution is -0.144. The van der Waals surface area contributed by atoms with Crippen LogP contribution in [-0.4, -0.2) is 54.2 Å². The number of hydrogen-bond acceptors (Lipinski definition) is 3. The van der Waals surface area contributed by atoms with Crippen LogP contribution < -0.4 is 10.6 Å². The number of nitrogens with one attached hydrogen (secondary N) is 2. The van der Waals surface area contributed by atoms with Crippen LogP contribution in [0, 0.1) is 5.92 Å². The number of carbonyl (C=O) groups excluding carboxylic acids is 1. The topological polar surface area (TPSA) is 81.7 Å². The molecule has 1 aliphatic carbocycles. The normalized spacial score (nSPS) is 23.4. The Balaban J connectivity index is 1.76. The van der Waals surface area contributed by atoms with Gasteiger partial charge in [0.25, 0.3) is 0 Å². The third kappa shape index (κ3) is 3.62. The molecule has 0 aromatic heterocycles. The summed E-state index contributed by atoms with van der Waals surface area (Å²) in [7, 11) is 2.10. The van der Waals surface area contributed by atoms with Gasteiger partial charge in [0, 0.05) is 6.54 Å². The van der Waals surface area contributed by atoms with E-state index in [9.17, 15) is 14.7 Å². The molecule has 114 valence electrons. The summed E-state index contributed by atoms with van der Waals surface area (Å²) in [5, 5.41) is 14.8. The summed E-state index contributed by atoms with van der Waals surface area (Å²) in [6.07, 6.45) is 4.96. The van der Waals surface area contributed by atoms with E-state index in [4.69, 9.17) is 0 Å². The van der Waals surface area contributed by atoms with Crippen LogP contribution >= 0.6 is 0 Å². The van der Waals surface area contributed by atoms with Crippen LogP contribution in [0.4, 0.5) is 4.79 Å². The molecule has 20 heavy (non-hydrogen) atoms. The van der Waals surface area contributed by atoms with E-state index in [0.29, 0.717) is 25.3 Å². The first-order valence-electron chi connectivity index (χ1n) is 7.50. The van der Waals surface area contributed by atoms with Crippen molar-refractivity contribution in [3.63, 3.8) is 0 Å². The standard InChI is InChI=1S/C14H25N3O3/c1-17-8-4-11(5-9-17)10-15-13(20)16-14(12(18)19)6-2-3-7-14/h11H,2-10H2,1H3,(H,18,19)(H2,15,16,20). The van der Waals surface area contributed by atoms with E-state index in [1.54, 1.807) is 0 Å². The maximum atomic E-state index is 11.9. The van der Waals surface area contributed by atoms with E-state index in [1.807, 2.05) is 0 Å². The highest BCUT2D eigenvalue weighted by molar-refractivity contribution is 5.86. The Bertz CT molecular complexity index is 359. The molecular formula is C14H25N3O3. The molecule has 0 unspecified atom stereocenters. The lowest BCUT2D eigenvalue weighted by Gasteiger charge is -2.30. The van der Waals surface area contributed by atoms with Crippen molar-refractivity contribution in [2.75, 3.05) is 26.7 Å². The van der Waals surface area contributed by atoms with Gasteiger partial charge in [-0.2, -0.15) is 0 Å². The molecule has 6 nitrogen and oxygen atoms in total. The second kappa shape index (κ2) is 6.43. The van der Waals surface area contributed by atoms with Gasteiger partial charge in [0.2, 0.25) is 0 Å². The largest absolute Gasteiger partial charge is 0.480 e. The third-order valence-corrected chi connectivity index (χ3v) is 4.61. The summed E-state index contributed by atoms with van der Waals surface area (Å²) < 4.78 is 0. The van der Waals surface area contributed by atoms with Gasteiger partial charge in [0.15, 0.2) is 0 Å². The predicted molar refractivity (Wildman–Crippen MR) is 75.6 cm³/mol. The molecule has 2 amide bonds. The number of amides is 2. The van der Waals surface area contributed by atoms with Gasteiger partial charge < -0.3 is 20.6 Å². The highest BCUT2D eigenvalue weighted by Crippen LogP contribution is 2.29. The van der Waals surface area contributed by atoms with Crippen LogP contribution in [-0.2, 0) is 4.79 Å². The average molecular weight is 283 g/mol. The molecule has 0 atom stereocenters. The first-order valence-corrected chi connectivity index (χ1v) is 7.50. The SMILES string of the molecule is CN1CCC(CNC(=O)NC2(C(=O)O)CCCC2)CC1. The minimum absolute atomic E-state index is 0.340. The molecule has 2 fully saturated rings. The molecule has 1 saturated carbocycles. The van der Waals surface area contributed by atoms with Gasteiger partial charge in [-0.15, -0.1) is 0 Å². The molecule has 0 bridgehead atoms. The van der Waals surface area contributed by atoms with E-state index >= 15 is 0 Å². The van der Waals surface area contributed by atoms with E-state index < -0.39 is 11.5 Å². The molecule has 1 heterocycles. The van der Waals surface area contributed by atoms with E-state index in [1.165, 1.54) is 0 Å². The second-order valence-electron chi connectivity index (χ2n) is 6.18. The van der Waals surface area contributed by atoms with Crippen molar-refractivity contribution < 1.29 is 14.7 Å². The molecular weight excluding hydrogens is 258 g/mol. The van der Waals surface area contributed by atoms with Crippen LogP contribution in [0.15, 0.2) is 0 Å². The molecule has 0 aromatic rings. The highest BCUT2D eigenvalue weighted by atomic mass is 16.4. The number of likely N-dealkylation sites (tertiary alicyclic amines) is 1. The van der Waals surface area contributed by atoms with Gasteiger partial charge in [-0.25, -0.2) is 9.59 Å². The number of piperidine rings is 1. The zero-order valence-electron chi connectivity index (χ0n) is 12.2. The zero-order valence-corrected chi connectivity index (χ0v) is 12.2. The maximum Gasteiger partial charge on any atom is 0.329 e. The number of nitrogens with zero attached hydrogens (tertiary/aromatic N) is 1. The zero-order chi connectivity index (χ0) is 14.6. The number of urea groups is 1. The third-order valence-electron chi connectivity index (χ3n) is 4.61. The highest BCUT2D eigenvalue weighted by Gasteiger charge is 2.42. The fourth-order valence-electron chi connectivity index (χ4n) is 3.14. The van der Waals surface area contributed by atoms with Crippen molar-refractivity contribution in [3.05, 3.63) is 0 Å². The van der Waals surface area contributed by atoms with Crippen molar-refractivity contribution in [2.45, 2.75) is 44.1 Å². The monoisotopic (exact) mass is 283 g/mol. The van der Waals surface area contributed by atoms with Crippen molar-refractivity contribution in [3.8, 4) is 0 Å². The quantitative estimate of drug-likeness (QED) is 0.719. The fourth-order valence-corrected chi connectivity index (χ4v) is 3.14. The minimum atomic E-state index is -1.04. The fraction of sp³-hybridized carbons (Fsp3) is 0.857. The van der Waals surface area contributed by atoms with E-state index in [-0.39, 0.29) is 6.03 Å². The summed E-state index contributed by atoms with van der Waals surface area (Å²) in [5.41, 5.74) is -1.04. The van der Waals surface area contributed by atoms with Gasteiger partial charge in [-0.1, -0.05) is 12.8 Å². The van der Waals surface area contributed by atoms with Crippen molar-refractivity contribution in [1.82, 2.24) is 15.5 Å². The Morgan fingerprint density at radius 1 is 1.25 bits per heavy atom. The van der Waals surface area contributed by atoms with Crippen molar-refractivity contribution >= 4 is 12.0 Å². The number of aliphatic carboxylic acids is 1. The van der Waals surface area contributed by atoms with Crippen LogP contribution in [0.3, 0.4) is 0 Å². The first kappa shape index (κ1) is 15.1. The van der Waals surface area contributed by atoms with Gasteiger partial charge >= 0.3 is 12.0 Å². The molecule has 3 N–H and O–H groups in total. The number of hydrogen-bond donors (Lipinski definition) is 3. The maximum absolute atomic E-state index is 11.9. The number of carboxylic acid groups (broad SMARTS) is 1. The molecule has 1 aliphatic heterocycles. The molecule has 0 spiro atoms. The smallest absolute Gasteiger partial charge is 0.329 e. The first-order chi connectivity index (χ1) is 9.52. The van der Waals surface area contributed by atoms with Crippen molar-refractivity contribution in [1.29, 1.82) is 0 Å². The van der Waals surface area contributed by atoms with Crippen LogP contribution in [0.5, 0.6) is 0 Å². The Hall–Kier alpha value is -1.30. The Morgan fingerprint density at radius 2 is 1.85 bits per heavy atom. The minimum Gasteiger partial charge on any atom is -0.480 e. The summed E-state index contributed by atoms with van der Waals surface area (Å²) in [6, 6.07) is -0.340. The number of rotatable bonds is 4. The summed E-state index contributed by atoms with van der Waals surface area (Å²) in [4.78, 5) is 25.6. The molecule has 1 saturated heterocycles. The second-order valence-corrected chi connectivity index (χ2v) is 6.18. The lowest BCUT2D eigenvalue weighted by atomic mass is 9.97. The van der Waals surface area contributed by atoms with Crippen molar-refractivity contribution in [2.24, 2.45) is 5.92 Å². The molecule has 0 aromatic carbocycles. The van der Waals surface area contributed by atoms with Crippen LogP contribution in [0.25, 0.3) is 0 Å². The predicted octanol–water partition coefficient (Wildman–Crippen LogP) is 1.02. The Morgan fingerprint density at radius 3 is 2.40 bits per heavy atom. The van der Waals surface area contributed by atoms with E-state index in [2.05, 4.69) is 22.6 Å². The summed E-state index contributed by atoms with van der Waals surface area (Å²) in [5.74, 6) is -0.411. The Kier molecular flexibility index (Phi) is 4.86. The molecule has 2 aliphatic rings. The van der Waals surface area contributed by atoms with Gasteiger partial charge in [-0.05, 0) is 51.7 Å².